The summed E-state index contributed by atoms with van der Waals surface area (Å²) in [7, 11) is 1.04. The fourth-order valence-electron chi connectivity index (χ4n) is 8.59. The summed E-state index contributed by atoms with van der Waals surface area (Å²) in [5.74, 6) is 1.74. The molecule has 7 aliphatic rings. The molecular formula is C28H29F4NO4. The van der Waals surface area contributed by atoms with E-state index in [0.29, 0.717) is 18.4 Å². The van der Waals surface area contributed by atoms with Crippen molar-refractivity contribution in [2.45, 2.75) is 56.7 Å². The van der Waals surface area contributed by atoms with Crippen LogP contribution in [0.2, 0.25) is 0 Å². The van der Waals surface area contributed by atoms with E-state index in [-0.39, 0.29) is 16.9 Å². The number of hydrogen-bond acceptors (Lipinski definition) is 4. The van der Waals surface area contributed by atoms with Crippen molar-refractivity contribution < 1.29 is 36.6 Å². The number of carbonyl (C=O) groups excluding carboxylic acids is 2. The molecular weight excluding hydrogens is 490 g/mol. The normalized spacial score (nSPS) is 37.0. The van der Waals surface area contributed by atoms with Gasteiger partial charge in [-0.15, -0.1) is 0 Å². The van der Waals surface area contributed by atoms with Crippen LogP contribution in [0.25, 0.3) is 0 Å². The molecule has 6 saturated carbocycles. The molecule has 37 heavy (non-hydrogen) atoms. The second-order valence-corrected chi connectivity index (χ2v) is 12.2. The van der Waals surface area contributed by atoms with E-state index in [9.17, 15) is 22.8 Å². The molecule has 1 aliphatic heterocycles. The lowest BCUT2D eigenvalue weighted by Gasteiger charge is -2.46. The van der Waals surface area contributed by atoms with Crippen molar-refractivity contribution in [3.63, 3.8) is 0 Å². The molecule has 6 aliphatic carbocycles. The fraction of sp³-hybridized carbons (Fsp3) is 0.643. The van der Waals surface area contributed by atoms with Crippen LogP contribution in [0.15, 0.2) is 23.8 Å². The summed E-state index contributed by atoms with van der Waals surface area (Å²) in [5, 5.41) is 0. The summed E-state index contributed by atoms with van der Waals surface area (Å²) in [5.41, 5.74) is -0.477. The SMILES string of the molecule is COC(=O)[C@@H]1C=C(C(F)(F)F)CN1C(=O)c1cc(C2CC2)c(OCC23CC4CC(C2)C2C(C4)C23)cc1F. The Labute approximate surface area is 212 Å². The number of benzene rings is 1. The summed E-state index contributed by atoms with van der Waals surface area (Å²) in [6.07, 6.45) is 2.78. The van der Waals surface area contributed by atoms with Gasteiger partial charge in [-0.2, -0.15) is 13.2 Å². The fourth-order valence-corrected chi connectivity index (χ4v) is 8.59. The molecule has 1 aromatic carbocycles. The molecule has 4 bridgehead atoms. The lowest BCUT2D eigenvalue weighted by molar-refractivity contribution is -0.143. The van der Waals surface area contributed by atoms with E-state index in [1.54, 1.807) is 0 Å². The maximum absolute atomic E-state index is 15.4. The average Bonchev–Trinajstić information content (AvgIpc) is 3.75. The molecule has 7 atom stereocenters. The van der Waals surface area contributed by atoms with Gasteiger partial charge in [0, 0.05) is 11.5 Å². The van der Waals surface area contributed by atoms with E-state index < -0.39 is 42.0 Å². The number of alkyl halides is 3. The first-order valence-electron chi connectivity index (χ1n) is 13.2. The van der Waals surface area contributed by atoms with Crippen LogP contribution in [0, 0.1) is 40.8 Å². The second-order valence-electron chi connectivity index (χ2n) is 12.2. The van der Waals surface area contributed by atoms with Crippen molar-refractivity contribution in [2.24, 2.45) is 35.0 Å². The van der Waals surface area contributed by atoms with E-state index in [4.69, 9.17) is 4.74 Å². The lowest BCUT2D eigenvalue weighted by atomic mass is 9.60. The van der Waals surface area contributed by atoms with Crippen molar-refractivity contribution in [1.29, 1.82) is 0 Å². The second kappa shape index (κ2) is 7.73. The van der Waals surface area contributed by atoms with Crippen LogP contribution in [0.5, 0.6) is 5.75 Å². The van der Waals surface area contributed by atoms with Gasteiger partial charge < -0.3 is 14.4 Å². The molecule has 9 heteroatoms. The predicted molar refractivity (Wildman–Crippen MR) is 123 cm³/mol. The molecule has 1 heterocycles. The highest BCUT2D eigenvalue weighted by Crippen LogP contribution is 2.79. The lowest BCUT2D eigenvalue weighted by Crippen LogP contribution is -2.42. The third-order valence-corrected chi connectivity index (χ3v) is 10.1. The minimum atomic E-state index is -4.71. The van der Waals surface area contributed by atoms with E-state index in [1.165, 1.54) is 37.8 Å². The molecule has 0 saturated heterocycles. The first-order chi connectivity index (χ1) is 17.6. The number of carbonyl (C=O) groups is 2. The minimum absolute atomic E-state index is 0.128. The van der Waals surface area contributed by atoms with Crippen LogP contribution < -0.4 is 4.74 Å². The van der Waals surface area contributed by atoms with Crippen LogP contribution in [0.3, 0.4) is 0 Å². The van der Waals surface area contributed by atoms with Crippen LogP contribution >= 0.6 is 0 Å². The predicted octanol–water partition coefficient (Wildman–Crippen LogP) is 5.25. The summed E-state index contributed by atoms with van der Waals surface area (Å²) in [4.78, 5) is 26.2. The van der Waals surface area contributed by atoms with E-state index in [1.807, 2.05) is 0 Å². The maximum Gasteiger partial charge on any atom is 0.414 e. The highest BCUT2D eigenvalue weighted by atomic mass is 19.4. The molecule has 1 aromatic rings. The van der Waals surface area contributed by atoms with Gasteiger partial charge in [0.05, 0.1) is 31.4 Å². The van der Waals surface area contributed by atoms with Crippen LogP contribution in [-0.2, 0) is 9.53 Å². The molecule has 6 fully saturated rings. The monoisotopic (exact) mass is 519 g/mol. The first kappa shape index (κ1) is 23.5. The maximum atomic E-state index is 15.4. The van der Waals surface area contributed by atoms with Crippen molar-refractivity contribution in [3.8, 4) is 5.75 Å². The summed E-state index contributed by atoms with van der Waals surface area (Å²) >= 11 is 0. The van der Waals surface area contributed by atoms with Gasteiger partial charge in [0.1, 0.15) is 17.6 Å². The Balaban J connectivity index is 1.15. The summed E-state index contributed by atoms with van der Waals surface area (Å²) < 4.78 is 66.4. The topological polar surface area (TPSA) is 55.8 Å². The largest absolute Gasteiger partial charge is 0.493 e. The van der Waals surface area contributed by atoms with Crippen LogP contribution in [-0.4, -0.2) is 49.3 Å². The molecule has 0 radical (unpaired) electrons. The average molecular weight is 520 g/mol. The third kappa shape index (κ3) is 3.55. The molecule has 8 rings (SSSR count). The highest BCUT2D eigenvalue weighted by molar-refractivity contribution is 5.98. The van der Waals surface area contributed by atoms with Crippen molar-refractivity contribution in [2.75, 3.05) is 20.3 Å². The number of ether oxygens (including phenoxy) is 2. The number of hydrogen-bond donors (Lipinski definition) is 0. The van der Waals surface area contributed by atoms with Crippen LogP contribution in [0.4, 0.5) is 17.6 Å². The molecule has 198 valence electrons. The Bertz CT molecular complexity index is 1220. The number of esters is 1. The molecule has 6 unspecified atom stereocenters. The first-order valence-corrected chi connectivity index (χ1v) is 13.2. The van der Waals surface area contributed by atoms with Gasteiger partial charge in [0.25, 0.3) is 5.91 Å². The molecule has 1 amide bonds. The van der Waals surface area contributed by atoms with Gasteiger partial charge >= 0.3 is 12.1 Å². The summed E-state index contributed by atoms with van der Waals surface area (Å²) in [6, 6.07) is 1.09. The molecule has 5 nitrogen and oxygen atoms in total. The Hall–Kier alpha value is -2.58. The smallest absolute Gasteiger partial charge is 0.414 e. The molecule has 0 spiro atoms. The Kier molecular flexibility index (Phi) is 4.91. The Morgan fingerprint density at radius 3 is 2.62 bits per heavy atom. The quantitative estimate of drug-likeness (QED) is 0.293. The number of nitrogens with zero attached hydrogens (tertiary/aromatic N) is 1. The van der Waals surface area contributed by atoms with E-state index >= 15 is 4.39 Å². The van der Waals surface area contributed by atoms with Crippen molar-refractivity contribution >= 4 is 11.9 Å². The zero-order valence-electron chi connectivity index (χ0n) is 20.5. The van der Waals surface area contributed by atoms with Gasteiger partial charge in [0.15, 0.2) is 0 Å². The Morgan fingerprint density at radius 2 is 1.95 bits per heavy atom. The number of halogens is 4. The van der Waals surface area contributed by atoms with Crippen molar-refractivity contribution in [1.82, 2.24) is 4.90 Å². The zero-order chi connectivity index (χ0) is 25.9. The number of methoxy groups -OCH3 is 1. The zero-order valence-corrected chi connectivity index (χ0v) is 20.5. The van der Waals surface area contributed by atoms with Gasteiger partial charge in [-0.3, -0.25) is 4.79 Å². The third-order valence-electron chi connectivity index (χ3n) is 10.1. The molecule has 0 N–H and O–H groups in total. The van der Waals surface area contributed by atoms with Gasteiger partial charge in [0.2, 0.25) is 0 Å². The van der Waals surface area contributed by atoms with E-state index in [0.717, 1.165) is 60.0 Å². The highest BCUT2D eigenvalue weighted by Gasteiger charge is 2.74. The van der Waals surface area contributed by atoms with Gasteiger partial charge in [-0.1, -0.05) is 0 Å². The number of rotatable bonds is 6. The standard InChI is InChI=1S/C28H29F4NO4/c1-36-26(35)21-6-16(28(30,31)32)11-33(21)25(34)18-7-17(14-2-3-14)22(8-20(18)29)37-12-27-9-13-4-15(10-27)23-19(5-13)24(23)27/h6-8,13-15,19,21,23-24H,2-5,9-12H2,1H3/t13?,15?,19?,21-,23?,24?,27?/m0/s1. The Morgan fingerprint density at radius 1 is 1.16 bits per heavy atom. The summed E-state index contributed by atoms with van der Waals surface area (Å²) in [6.45, 7) is -0.285. The van der Waals surface area contributed by atoms with Gasteiger partial charge in [-0.25, -0.2) is 9.18 Å². The van der Waals surface area contributed by atoms with Gasteiger partial charge in [-0.05, 0) is 91.7 Å². The van der Waals surface area contributed by atoms with Crippen LogP contribution in [0.1, 0.15) is 60.4 Å². The number of amides is 1. The van der Waals surface area contributed by atoms with Crippen molar-refractivity contribution in [3.05, 3.63) is 40.7 Å². The molecule has 0 aromatic heterocycles. The minimum Gasteiger partial charge on any atom is -0.493 e. The van der Waals surface area contributed by atoms with E-state index in [2.05, 4.69) is 4.74 Å².